The van der Waals surface area contributed by atoms with Crippen LogP contribution in [0.1, 0.15) is 17.5 Å². The van der Waals surface area contributed by atoms with Crippen LogP contribution in [-0.4, -0.2) is 37.8 Å². The largest absolute Gasteiger partial charge is 0.299 e. The zero-order chi connectivity index (χ0) is 18.7. The smallest absolute Gasteiger partial charge is 0.266 e. The lowest BCUT2D eigenvalue weighted by atomic mass is 10.2. The molecule has 2 amide bonds. The van der Waals surface area contributed by atoms with Crippen molar-refractivity contribution in [2.45, 2.75) is 13.3 Å². The van der Waals surface area contributed by atoms with Gasteiger partial charge in [0.2, 0.25) is 11.0 Å². The van der Waals surface area contributed by atoms with Gasteiger partial charge in [0.15, 0.2) is 0 Å². The fraction of sp³-hybridized carbons (Fsp3) is 0.188. The Morgan fingerprint density at radius 2 is 2.08 bits per heavy atom. The number of carbonyl (C=O) groups excluding carboxylic acids is 2. The molecule has 0 radical (unpaired) electrons. The molecule has 0 bridgehead atoms. The summed E-state index contributed by atoms with van der Waals surface area (Å²) < 4.78 is 0.344. The standard InChI is InChI=1S/C16H13ClN4O2S3/c1-2-13-19-20-15(26-13)18-12(22)8-21-14(23)11(25-16(21)24)7-9-3-5-10(17)6-4-9/h3-7H,2,8H2,1H3,(H,18,20,22). The van der Waals surface area contributed by atoms with E-state index in [1.54, 1.807) is 18.2 Å². The molecule has 2 heterocycles. The molecule has 1 aliphatic rings. The van der Waals surface area contributed by atoms with E-state index in [-0.39, 0.29) is 18.4 Å². The average molecular weight is 425 g/mol. The molecule has 1 aromatic heterocycles. The van der Waals surface area contributed by atoms with Crippen LogP contribution in [0.5, 0.6) is 0 Å². The van der Waals surface area contributed by atoms with E-state index < -0.39 is 0 Å². The van der Waals surface area contributed by atoms with E-state index in [0.717, 1.165) is 17.0 Å². The highest BCUT2D eigenvalue weighted by Gasteiger charge is 2.33. The van der Waals surface area contributed by atoms with Gasteiger partial charge in [-0.1, -0.05) is 66.0 Å². The first-order valence-corrected chi connectivity index (χ1v) is 10.0. The number of halogens is 1. The summed E-state index contributed by atoms with van der Waals surface area (Å²) in [6, 6.07) is 7.10. The van der Waals surface area contributed by atoms with Gasteiger partial charge in [0.25, 0.3) is 5.91 Å². The minimum Gasteiger partial charge on any atom is -0.299 e. The summed E-state index contributed by atoms with van der Waals surface area (Å²) in [5.41, 5.74) is 0.834. The molecule has 0 aliphatic carbocycles. The highest BCUT2D eigenvalue weighted by atomic mass is 35.5. The molecule has 1 aliphatic heterocycles. The molecule has 0 atom stereocenters. The van der Waals surface area contributed by atoms with E-state index in [0.29, 0.717) is 19.4 Å². The summed E-state index contributed by atoms with van der Waals surface area (Å²) in [5, 5.41) is 12.3. The summed E-state index contributed by atoms with van der Waals surface area (Å²) >= 11 is 13.6. The second kappa shape index (κ2) is 8.26. The van der Waals surface area contributed by atoms with Crippen molar-refractivity contribution in [1.82, 2.24) is 15.1 Å². The van der Waals surface area contributed by atoms with Gasteiger partial charge in [-0.05, 0) is 30.2 Å². The van der Waals surface area contributed by atoms with E-state index in [2.05, 4.69) is 15.5 Å². The third-order valence-corrected chi connectivity index (χ3v) is 5.97. The number of thiocarbonyl (C=S) groups is 1. The van der Waals surface area contributed by atoms with Gasteiger partial charge in [0.1, 0.15) is 15.9 Å². The Morgan fingerprint density at radius 3 is 2.73 bits per heavy atom. The van der Waals surface area contributed by atoms with E-state index in [4.69, 9.17) is 23.8 Å². The number of hydrogen-bond donors (Lipinski definition) is 1. The van der Waals surface area contributed by atoms with Gasteiger partial charge in [0.05, 0.1) is 4.91 Å². The molecule has 0 spiro atoms. The fourth-order valence-corrected chi connectivity index (χ4v) is 4.17. The van der Waals surface area contributed by atoms with Crippen LogP contribution >= 0.6 is 46.9 Å². The maximum Gasteiger partial charge on any atom is 0.266 e. The lowest BCUT2D eigenvalue weighted by molar-refractivity contribution is -0.126. The van der Waals surface area contributed by atoms with E-state index in [1.807, 2.05) is 19.1 Å². The van der Waals surface area contributed by atoms with Crippen LogP contribution in [0.25, 0.3) is 6.08 Å². The lowest BCUT2D eigenvalue weighted by Gasteiger charge is -2.13. The van der Waals surface area contributed by atoms with Gasteiger partial charge in [-0.2, -0.15) is 0 Å². The molecule has 1 aromatic carbocycles. The maximum absolute atomic E-state index is 12.5. The number of hydrogen-bond acceptors (Lipinski definition) is 7. The SMILES string of the molecule is CCc1nnc(NC(=O)CN2C(=O)C(=Cc3ccc(Cl)cc3)SC2=S)s1. The number of anilines is 1. The van der Waals surface area contributed by atoms with Crippen LogP contribution in [-0.2, 0) is 16.0 Å². The molecule has 0 unspecified atom stereocenters. The average Bonchev–Trinajstić information content (AvgIpc) is 3.17. The Hall–Kier alpha value is -1.81. The molecule has 26 heavy (non-hydrogen) atoms. The molecule has 2 aromatic rings. The quantitative estimate of drug-likeness (QED) is 0.584. The van der Waals surface area contributed by atoms with Crippen LogP contribution < -0.4 is 5.32 Å². The third-order valence-electron chi connectivity index (χ3n) is 3.36. The summed E-state index contributed by atoms with van der Waals surface area (Å²) in [6.07, 6.45) is 2.48. The summed E-state index contributed by atoms with van der Waals surface area (Å²) in [5.74, 6) is -0.663. The predicted octanol–water partition coefficient (Wildman–Crippen LogP) is 3.59. The van der Waals surface area contributed by atoms with Crippen molar-refractivity contribution in [2.24, 2.45) is 0 Å². The van der Waals surface area contributed by atoms with Crippen molar-refractivity contribution in [2.75, 3.05) is 11.9 Å². The molecule has 6 nitrogen and oxygen atoms in total. The Balaban J connectivity index is 1.66. The van der Waals surface area contributed by atoms with E-state index in [9.17, 15) is 9.59 Å². The number of thioether (sulfide) groups is 1. The molecule has 3 rings (SSSR count). The molecule has 0 saturated carbocycles. The van der Waals surface area contributed by atoms with Crippen LogP contribution in [0.3, 0.4) is 0 Å². The molecule has 1 saturated heterocycles. The first-order chi connectivity index (χ1) is 12.5. The Kier molecular flexibility index (Phi) is 6.02. The molecule has 134 valence electrons. The first kappa shape index (κ1) is 19.0. The van der Waals surface area contributed by atoms with Gasteiger partial charge in [0, 0.05) is 5.02 Å². The number of carbonyl (C=O) groups is 2. The molecule has 10 heteroatoms. The first-order valence-electron chi connectivity index (χ1n) is 7.59. The van der Waals surface area contributed by atoms with Gasteiger partial charge < -0.3 is 0 Å². The molecule has 1 N–H and O–H groups in total. The molecule has 1 fully saturated rings. The van der Waals surface area contributed by atoms with Crippen molar-refractivity contribution in [1.29, 1.82) is 0 Å². The van der Waals surface area contributed by atoms with E-state index in [1.165, 1.54) is 28.0 Å². The van der Waals surface area contributed by atoms with Crippen LogP contribution in [0.4, 0.5) is 5.13 Å². The van der Waals surface area contributed by atoms with E-state index >= 15 is 0 Å². The number of nitrogens with zero attached hydrogens (tertiary/aromatic N) is 3. The van der Waals surface area contributed by atoms with Gasteiger partial charge >= 0.3 is 0 Å². The highest BCUT2D eigenvalue weighted by Crippen LogP contribution is 2.32. The van der Waals surface area contributed by atoms with Crippen LogP contribution in [0.15, 0.2) is 29.2 Å². The van der Waals surface area contributed by atoms with Gasteiger partial charge in [-0.3, -0.25) is 19.8 Å². The lowest BCUT2D eigenvalue weighted by Crippen LogP contribution is -2.36. The topological polar surface area (TPSA) is 75.2 Å². The number of rotatable bonds is 5. The maximum atomic E-state index is 12.5. The van der Waals surface area contributed by atoms with Crippen molar-refractivity contribution in [3.05, 3.63) is 44.8 Å². The molecular formula is C16H13ClN4O2S3. The predicted molar refractivity (Wildman–Crippen MR) is 109 cm³/mol. The normalized spacial score (nSPS) is 15.8. The Bertz CT molecular complexity index is 895. The molecular weight excluding hydrogens is 412 g/mol. The number of benzene rings is 1. The monoisotopic (exact) mass is 424 g/mol. The minimum atomic E-state index is -0.368. The number of aryl methyl sites for hydroxylation is 1. The van der Waals surface area contributed by atoms with Crippen molar-refractivity contribution < 1.29 is 9.59 Å². The fourth-order valence-electron chi connectivity index (χ4n) is 2.10. The van der Waals surface area contributed by atoms with Gasteiger partial charge in [-0.25, -0.2) is 0 Å². The minimum absolute atomic E-state index is 0.163. The zero-order valence-corrected chi connectivity index (χ0v) is 16.8. The number of amides is 2. The summed E-state index contributed by atoms with van der Waals surface area (Å²) in [7, 11) is 0. The zero-order valence-electron chi connectivity index (χ0n) is 13.6. The Labute approximate surface area is 168 Å². The van der Waals surface area contributed by atoms with Crippen LogP contribution in [0, 0.1) is 0 Å². The highest BCUT2D eigenvalue weighted by molar-refractivity contribution is 8.26. The summed E-state index contributed by atoms with van der Waals surface area (Å²) in [4.78, 5) is 26.5. The van der Waals surface area contributed by atoms with Crippen LogP contribution in [0.2, 0.25) is 5.02 Å². The number of nitrogens with one attached hydrogen (secondary N) is 1. The second-order valence-corrected chi connectivity index (χ2v) is 8.40. The second-order valence-electron chi connectivity index (χ2n) is 5.22. The van der Waals surface area contributed by atoms with Gasteiger partial charge in [-0.15, -0.1) is 10.2 Å². The number of aromatic nitrogens is 2. The van der Waals surface area contributed by atoms with Crippen molar-refractivity contribution >= 4 is 74.3 Å². The summed E-state index contributed by atoms with van der Waals surface area (Å²) in [6.45, 7) is 1.79. The Morgan fingerprint density at radius 1 is 1.35 bits per heavy atom. The van der Waals surface area contributed by atoms with Crippen molar-refractivity contribution in [3.8, 4) is 0 Å². The van der Waals surface area contributed by atoms with Crippen molar-refractivity contribution in [3.63, 3.8) is 0 Å². The third kappa shape index (κ3) is 4.47.